The maximum Gasteiger partial charge on any atom is 0.295 e. The topological polar surface area (TPSA) is 92.5 Å². The van der Waals surface area contributed by atoms with Crippen LogP contribution in [0.3, 0.4) is 0 Å². The highest BCUT2D eigenvalue weighted by Crippen LogP contribution is 2.29. The number of hydrogen-bond acceptors (Lipinski definition) is 5. The molecule has 0 bridgehead atoms. The normalized spacial score (nSPS) is 14.3. The lowest BCUT2D eigenvalue weighted by atomic mass is 10.2. The standard InChI is InChI=1S/C17H16N6O2/c1-11-8-9-18-17-20-15(21-23(11)17)16(25)19-12-5-2-3-6-13(12)22-10-4-7-14(22)24/h2-3,5-6,8-9H,4,7,10H2,1H3,(H,19,25). The lowest BCUT2D eigenvalue weighted by Crippen LogP contribution is -2.25. The van der Waals surface area contributed by atoms with Crippen LogP contribution < -0.4 is 10.2 Å². The molecule has 3 aromatic rings. The van der Waals surface area contributed by atoms with Gasteiger partial charge in [-0.05, 0) is 31.5 Å². The molecule has 4 rings (SSSR count). The Kier molecular flexibility index (Phi) is 3.64. The molecule has 8 nitrogen and oxygen atoms in total. The van der Waals surface area contributed by atoms with E-state index >= 15 is 0 Å². The van der Waals surface area contributed by atoms with Crippen molar-refractivity contribution in [2.75, 3.05) is 16.8 Å². The van der Waals surface area contributed by atoms with Crippen LogP contribution in [0, 0.1) is 6.92 Å². The first-order chi connectivity index (χ1) is 12.1. The van der Waals surface area contributed by atoms with E-state index in [-0.39, 0.29) is 11.7 Å². The number of para-hydroxylation sites is 2. The van der Waals surface area contributed by atoms with Crippen LogP contribution >= 0.6 is 0 Å². The molecule has 0 unspecified atom stereocenters. The number of aryl methyl sites for hydroxylation is 1. The molecule has 8 heteroatoms. The second-order valence-electron chi connectivity index (χ2n) is 5.85. The van der Waals surface area contributed by atoms with Gasteiger partial charge in [-0.25, -0.2) is 9.50 Å². The summed E-state index contributed by atoms with van der Waals surface area (Å²) in [5.74, 6) is 0.0221. The van der Waals surface area contributed by atoms with Crippen LogP contribution in [0.15, 0.2) is 36.5 Å². The van der Waals surface area contributed by atoms with E-state index in [1.807, 2.05) is 25.1 Å². The predicted molar refractivity (Wildman–Crippen MR) is 91.5 cm³/mol. The van der Waals surface area contributed by atoms with Gasteiger partial charge in [-0.2, -0.15) is 4.98 Å². The van der Waals surface area contributed by atoms with Crippen LogP contribution in [-0.4, -0.2) is 37.9 Å². The molecule has 0 radical (unpaired) electrons. The Hall–Kier alpha value is -3.29. The van der Waals surface area contributed by atoms with Gasteiger partial charge >= 0.3 is 0 Å². The van der Waals surface area contributed by atoms with Crippen molar-refractivity contribution in [1.82, 2.24) is 19.6 Å². The fourth-order valence-corrected chi connectivity index (χ4v) is 2.90. The van der Waals surface area contributed by atoms with Gasteiger partial charge in [0.15, 0.2) is 0 Å². The third-order valence-corrected chi connectivity index (χ3v) is 4.15. The van der Waals surface area contributed by atoms with E-state index in [0.717, 1.165) is 12.1 Å². The molecule has 0 saturated carbocycles. The number of anilines is 2. The molecule has 1 saturated heterocycles. The number of hydrogen-bond donors (Lipinski definition) is 1. The van der Waals surface area contributed by atoms with Gasteiger partial charge < -0.3 is 10.2 Å². The maximum atomic E-state index is 12.6. The first-order valence-electron chi connectivity index (χ1n) is 8.02. The van der Waals surface area contributed by atoms with Crippen molar-refractivity contribution < 1.29 is 9.59 Å². The van der Waals surface area contributed by atoms with Crippen molar-refractivity contribution >= 4 is 29.0 Å². The summed E-state index contributed by atoms with van der Waals surface area (Å²) in [4.78, 5) is 34.5. The number of rotatable bonds is 3. The molecule has 1 N–H and O–H groups in total. The lowest BCUT2D eigenvalue weighted by molar-refractivity contribution is -0.117. The van der Waals surface area contributed by atoms with Crippen LogP contribution in [-0.2, 0) is 4.79 Å². The van der Waals surface area contributed by atoms with Crippen molar-refractivity contribution in [3.8, 4) is 0 Å². The van der Waals surface area contributed by atoms with E-state index < -0.39 is 5.91 Å². The highest BCUT2D eigenvalue weighted by molar-refractivity contribution is 6.06. The number of carbonyl (C=O) groups excluding carboxylic acids is 2. The SMILES string of the molecule is Cc1ccnc2nc(C(=O)Nc3ccccc3N3CCCC3=O)nn12. The largest absolute Gasteiger partial charge is 0.317 e. The molecule has 1 aliphatic rings. The lowest BCUT2D eigenvalue weighted by Gasteiger charge is -2.19. The van der Waals surface area contributed by atoms with E-state index in [0.29, 0.717) is 30.1 Å². The molecule has 0 spiro atoms. The fourth-order valence-electron chi connectivity index (χ4n) is 2.90. The summed E-state index contributed by atoms with van der Waals surface area (Å²) in [7, 11) is 0. The summed E-state index contributed by atoms with van der Waals surface area (Å²) in [5, 5.41) is 7.01. The van der Waals surface area contributed by atoms with Crippen molar-refractivity contribution in [2.24, 2.45) is 0 Å². The third kappa shape index (κ3) is 2.71. The maximum absolute atomic E-state index is 12.6. The van der Waals surface area contributed by atoms with E-state index in [9.17, 15) is 9.59 Å². The molecule has 2 amide bonds. The highest BCUT2D eigenvalue weighted by atomic mass is 16.2. The summed E-state index contributed by atoms with van der Waals surface area (Å²) in [6.45, 7) is 2.51. The molecular formula is C17H16N6O2. The molecule has 126 valence electrons. The molecule has 1 aromatic carbocycles. The zero-order chi connectivity index (χ0) is 17.4. The summed E-state index contributed by atoms with van der Waals surface area (Å²) in [6, 6.07) is 9.02. The van der Waals surface area contributed by atoms with Crippen LogP contribution in [0.5, 0.6) is 0 Å². The average Bonchev–Trinajstić information content (AvgIpc) is 3.22. The van der Waals surface area contributed by atoms with Gasteiger partial charge in [0, 0.05) is 24.9 Å². The number of carbonyl (C=O) groups is 2. The van der Waals surface area contributed by atoms with Crippen LogP contribution in [0.2, 0.25) is 0 Å². The first-order valence-corrected chi connectivity index (χ1v) is 8.02. The van der Waals surface area contributed by atoms with Crippen LogP contribution in [0.4, 0.5) is 11.4 Å². The minimum Gasteiger partial charge on any atom is -0.317 e. The van der Waals surface area contributed by atoms with Gasteiger partial charge in [-0.1, -0.05) is 12.1 Å². The monoisotopic (exact) mass is 336 g/mol. The molecular weight excluding hydrogens is 320 g/mol. The van der Waals surface area contributed by atoms with Crippen LogP contribution in [0.1, 0.15) is 29.2 Å². The Bertz CT molecular complexity index is 980. The van der Waals surface area contributed by atoms with Crippen molar-refractivity contribution in [3.63, 3.8) is 0 Å². The number of nitrogens with zero attached hydrogens (tertiary/aromatic N) is 5. The summed E-state index contributed by atoms with van der Waals surface area (Å²) in [5.41, 5.74) is 2.09. The number of fused-ring (bicyclic) bond motifs is 1. The van der Waals surface area contributed by atoms with Gasteiger partial charge in [0.25, 0.3) is 11.7 Å². The number of benzene rings is 1. The van der Waals surface area contributed by atoms with Crippen LogP contribution in [0.25, 0.3) is 5.78 Å². The molecule has 1 aliphatic heterocycles. The zero-order valence-electron chi connectivity index (χ0n) is 13.6. The summed E-state index contributed by atoms with van der Waals surface area (Å²) >= 11 is 0. The molecule has 0 atom stereocenters. The molecule has 2 aromatic heterocycles. The van der Waals surface area contributed by atoms with Gasteiger partial charge in [-0.15, -0.1) is 5.10 Å². The molecule has 1 fully saturated rings. The third-order valence-electron chi connectivity index (χ3n) is 4.15. The zero-order valence-corrected chi connectivity index (χ0v) is 13.6. The van der Waals surface area contributed by atoms with Crippen molar-refractivity contribution in [2.45, 2.75) is 19.8 Å². The fraction of sp³-hybridized carbons (Fsp3) is 0.235. The minimum absolute atomic E-state index is 0.0318. The Morgan fingerprint density at radius 1 is 1.24 bits per heavy atom. The number of amides is 2. The smallest absolute Gasteiger partial charge is 0.295 e. The predicted octanol–water partition coefficient (Wildman–Crippen LogP) is 1.81. The Morgan fingerprint density at radius 2 is 2.08 bits per heavy atom. The van der Waals surface area contributed by atoms with Crippen molar-refractivity contribution in [1.29, 1.82) is 0 Å². The summed E-state index contributed by atoms with van der Waals surface area (Å²) in [6.07, 6.45) is 2.97. The van der Waals surface area contributed by atoms with Gasteiger partial charge in [-0.3, -0.25) is 9.59 Å². The second kappa shape index (κ2) is 5.97. The quantitative estimate of drug-likeness (QED) is 0.787. The Morgan fingerprint density at radius 3 is 2.84 bits per heavy atom. The van der Waals surface area contributed by atoms with E-state index in [4.69, 9.17) is 0 Å². The Balaban J connectivity index is 1.64. The van der Waals surface area contributed by atoms with Gasteiger partial charge in [0.05, 0.1) is 11.4 Å². The van der Waals surface area contributed by atoms with Gasteiger partial charge in [0.2, 0.25) is 11.7 Å². The average molecular weight is 336 g/mol. The first kappa shape index (κ1) is 15.3. The molecule has 0 aliphatic carbocycles. The summed E-state index contributed by atoms with van der Waals surface area (Å²) < 4.78 is 1.52. The van der Waals surface area contributed by atoms with E-state index in [2.05, 4.69) is 20.4 Å². The second-order valence-corrected chi connectivity index (χ2v) is 5.85. The molecule has 25 heavy (non-hydrogen) atoms. The minimum atomic E-state index is -0.441. The number of nitrogens with one attached hydrogen (secondary N) is 1. The van der Waals surface area contributed by atoms with E-state index in [1.165, 1.54) is 4.52 Å². The Labute approximate surface area is 143 Å². The van der Waals surface area contributed by atoms with E-state index in [1.54, 1.807) is 23.2 Å². The highest BCUT2D eigenvalue weighted by Gasteiger charge is 2.25. The molecule has 3 heterocycles. The van der Waals surface area contributed by atoms with Crippen molar-refractivity contribution in [3.05, 3.63) is 48.0 Å². The van der Waals surface area contributed by atoms with Gasteiger partial charge in [0.1, 0.15) is 0 Å². The number of aromatic nitrogens is 4.